The topological polar surface area (TPSA) is 24.9 Å². The Bertz CT molecular complexity index is 576. The third kappa shape index (κ3) is 2.54. The van der Waals surface area contributed by atoms with E-state index in [1.807, 2.05) is 7.05 Å². The fourth-order valence-corrected chi connectivity index (χ4v) is 3.79. The van der Waals surface area contributed by atoms with E-state index < -0.39 is 0 Å². The molecule has 1 unspecified atom stereocenters. The fraction of sp³-hybridized carbons (Fsp3) is 0.438. The highest BCUT2D eigenvalue weighted by Gasteiger charge is 2.27. The fourth-order valence-electron chi connectivity index (χ4n) is 3.21. The molecule has 1 fully saturated rings. The number of nitrogens with one attached hydrogen (secondary N) is 1. The predicted molar refractivity (Wildman–Crippen MR) is 83.2 cm³/mol. The Labute approximate surface area is 122 Å². The largest absolute Gasteiger partial charge is 0.311 e. The summed E-state index contributed by atoms with van der Waals surface area (Å²) in [6.45, 7) is 0. The summed E-state index contributed by atoms with van der Waals surface area (Å²) in [5.74, 6) is 0.718. The van der Waals surface area contributed by atoms with Crippen LogP contribution in [0.3, 0.4) is 0 Å². The zero-order valence-electron chi connectivity index (χ0n) is 11.2. The first-order valence-corrected chi connectivity index (χ1v) is 7.81. The van der Waals surface area contributed by atoms with E-state index in [-0.39, 0.29) is 0 Å². The Morgan fingerprint density at radius 1 is 1.26 bits per heavy atom. The Morgan fingerprint density at radius 2 is 2.00 bits per heavy atom. The molecule has 1 aliphatic carbocycles. The number of benzene rings is 1. The lowest BCUT2D eigenvalue weighted by atomic mass is 9.94. The molecule has 100 valence electrons. The van der Waals surface area contributed by atoms with E-state index in [4.69, 9.17) is 4.98 Å². The van der Waals surface area contributed by atoms with Crippen LogP contribution < -0.4 is 5.32 Å². The van der Waals surface area contributed by atoms with Gasteiger partial charge in [-0.1, -0.05) is 31.0 Å². The summed E-state index contributed by atoms with van der Waals surface area (Å²) in [6, 6.07) is 10.9. The molecule has 2 nitrogen and oxygen atoms in total. The van der Waals surface area contributed by atoms with Gasteiger partial charge in [-0.3, -0.25) is 0 Å². The average Bonchev–Trinajstić information content (AvgIpc) is 2.94. The minimum Gasteiger partial charge on any atom is -0.311 e. The van der Waals surface area contributed by atoms with Crippen molar-refractivity contribution in [3.05, 3.63) is 40.5 Å². The van der Waals surface area contributed by atoms with Crippen LogP contribution in [0.2, 0.25) is 0 Å². The molecule has 3 heteroatoms. The molecule has 0 spiro atoms. The van der Waals surface area contributed by atoms with Crippen LogP contribution in [0.5, 0.6) is 0 Å². The number of rotatable bonds is 3. The number of pyridine rings is 1. The molecule has 0 radical (unpaired) electrons. The van der Waals surface area contributed by atoms with Crippen LogP contribution in [0, 0.1) is 5.92 Å². The molecule has 1 atom stereocenters. The molecule has 19 heavy (non-hydrogen) atoms. The summed E-state index contributed by atoms with van der Waals surface area (Å²) in [4.78, 5) is 4.88. The van der Waals surface area contributed by atoms with Gasteiger partial charge in [0.25, 0.3) is 0 Å². The smallest absolute Gasteiger partial charge is 0.0725 e. The summed E-state index contributed by atoms with van der Waals surface area (Å²) in [7, 11) is 2.05. The second kappa shape index (κ2) is 5.59. The molecule has 2 aromatic rings. The standard InChI is InChI=1S/C16H19BrN2/c1-18-15(11-6-2-3-7-11)16-13(17)10-12-8-4-5-9-14(12)19-16/h4-5,8-11,15,18H,2-3,6-7H2,1H3. The summed E-state index contributed by atoms with van der Waals surface area (Å²) in [5.41, 5.74) is 2.24. The highest BCUT2D eigenvalue weighted by molar-refractivity contribution is 9.10. The second-order valence-electron chi connectivity index (χ2n) is 5.36. The summed E-state index contributed by atoms with van der Waals surface area (Å²) < 4.78 is 1.12. The molecule has 0 saturated heterocycles. The van der Waals surface area contributed by atoms with Gasteiger partial charge in [0.1, 0.15) is 0 Å². The molecule has 1 aliphatic rings. The lowest BCUT2D eigenvalue weighted by Crippen LogP contribution is -2.25. The van der Waals surface area contributed by atoms with Crippen molar-refractivity contribution in [2.24, 2.45) is 5.92 Å². The van der Waals surface area contributed by atoms with E-state index in [9.17, 15) is 0 Å². The maximum absolute atomic E-state index is 4.88. The first kappa shape index (κ1) is 13.1. The van der Waals surface area contributed by atoms with Crippen molar-refractivity contribution in [3.8, 4) is 0 Å². The van der Waals surface area contributed by atoms with Crippen molar-refractivity contribution in [1.29, 1.82) is 0 Å². The maximum Gasteiger partial charge on any atom is 0.0725 e. The number of halogens is 1. The van der Waals surface area contributed by atoms with Crippen molar-refractivity contribution < 1.29 is 0 Å². The van der Waals surface area contributed by atoms with Gasteiger partial charge in [0.2, 0.25) is 0 Å². The molecule has 0 bridgehead atoms. The average molecular weight is 319 g/mol. The highest BCUT2D eigenvalue weighted by atomic mass is 79.9. The first-order chi connectivity index (χ1) is 9.29. The number of hydrogen-bond donors (Lipinski definition) is 1. The van der Waals surface area contributed by atoms with E-state index in [1.165, 1.54) is 31.1 Å². The van der Waals surface area contributed by atoms with E-state index in [0.29, 0.717) is 6.04 Å². The zero-order chi connectivity index (χ0) is 13.2. The molecular weight excluding hydrogens is 300 g/mol. The molecule has 0 amide bonds. The van der Waals surface area contributed by atoms with Crippen molar-refractivity contribution in [2.45, 2.75) is 31.7 Å². The van der Waals surface area contributed by atoms with Crippen molar-refractivity contribution in [3.63, 3.8) is 0 Å². The van der Waals surface area contributed by atoms with E-state index in [1.54, 1.807) is 0 Å². The van der Waals surface area contributed by atoms with E-state index in [2.05, 4.69) is 51.6 Å². The predicted octanol–water partition coefficient (Wildman–Crippen LogP) is 4.45. The minimum atomic E-state index is 0.362. The van der Waals surface area contributed by atoms with Gasteiger partial charge in [-0.05, 0) is 53.9 Å². The first-order valence-electron chi connectivity index (χ1n) is 7.02. The molecule has 1 saturated carbocycles. The number of fused-ring (bicyclic) bond motifs is 1. The van der Waals surface area contributed by atoms with Gasteiger partial charge in [0, 0.05) is 9.86 Å². The quantitative estimate of drug-likeness (QED) is 0.904. The Hall–Kier alpha value is -0.930. The third-order valence-corrected chi connectivity index (χ3v) is 4.82. The van der Waals surface area contributed by atoms with E-state index >= 15 is 0 Å². The summed E-state index contributed by atoms with van der Waals surface area (Å²) in [5, 5.41) is 4.67. The number of hydrogen-bond acceptors (Lipinski definition) is 2. The SMILES string of the molecule is CNC(c1nc2ccccc2cc1Br)C1CCCC1. The maximum atomic E-state index is 4.88. The second-order valence-corrected chi connectivity index (χ2v) is 6.21. The van der Waals surface area contributed by atoms with Crippen molar-refractivity contribution >= 4 is 26.8 Å². The van der Waals surface area contributed by atoms with Gasteiger partial charge in [-0.25, -0.2) is 4.98 Å². The summed E-state index contributed by atoms with van der Waals surface area (Å²) in [6.07, 6.45) is 5.33. The van der Waals surface area contributed by atoms with Gasteiger partial charge >= 0.3 is 0 Å². The molecule has 0 aliphatic heterocycles. The lowest BCUT2D eigenvalue weighted by Gasteiger charge is -2.23. The van der Waals surface area contributed by atoms with Crippen molar-refractivity contribution in [1.82, 2.24) is 10.3 Å². The van der Waals surface area contributed by atoms with Crippen LogP contribution in [-0.2, 0) is 0 Å². The monoisotopic (exact) mass is 318 g/mol. The number of aromatic nitrogens is 1. The van der Waals surface area contributed by atoms with Crippen molar-refractivity contribution in [2.75, 3.05) is 7.05 Å². The molecule has 1 aromatic carbocycles. The molecule has 3 rings (SSSR count). The van der Waals surface area contributed by atoms with Gasteiger partial charge in [-0.2, -0.15) is 0 Å². The van der Waals surface area contributed by atoms with Gasteiger partial charge in [0.15, 0.2) is 0 Å². The Morgan fingerprint density at radius 3 is 2.74 bits per heavy atom. The third-order valence-electron chi connectivity index (χ3n) is 4.18. The van der Waals surface area contributed by atoms with Crippen LogP contribution in [0.15, 0.2) is 34.8 Å². The summed E-state index contributed by atoms with van der Waals surface area (Å²) >= 11 is 3.70. The minimum absolute atomic E-state index is 0.362. The highest BCUT2D eigenvalue weighted by Crippen LogP contribution is 2.37. The van der Waals surface area contributed by atoms with Gasteiger partial charge in [0.05, 0.1) is 17.3 Å². The van der Waals surface area contributed by atoms with Crippen LogP contribution in [-0.4, -0.2) is 12.0 Å². The molecule has 1 aromatic heterocycles. The van der Waals surface area contributed by atoms with Crippen LogP contribution in [0.4, 0.5) is 0 Å². The van der Waals surface area contributed by atoms with Gasteiger partial charge < -0.3 is 5.32 Å². The Balaban J connectivity index is 2.04. The molecular formula is C16H19BrN2. The number of nitrogens with zero attached hydrogens (tertiary/aromatic N) is 1. The normalized spacial score (nSPS) is 18.0. The zero-order valence-corrected chi connectivity index (χ0v) is 12.8. The molecule has 1 N–H and O–H groups in total. The molecule has 1 heterocycles. The van der Waals surface area contributed by atoms with Crippen LogP contribution in [0.1, 0.15) is 37.4 Å². The lowest BCUT2D eigenvalue weighted by molar-refractivity contribution is 0.382. The van der Waals surface area contributed by atoms with Crippen LogP contribution >= 0.6 is 15.9 Å². The van der Waals surface area contributed by atoms with Crippen LogP contribution in [0.25, 0.3) is 10.9 Å². The van der Waals surface area contributed by atoms with E-state index in [0.717, 1.165) is 21.6 Å². The number of para-hydroxylation sites is 1. The van der Waals surface area contributed by atoms with Gasteiger partial charge in [-0.15, -0.1) is 0 Å². The Kier molecular flexibility index (Phi) is 3.85.